The van der Waals surface area contributed by atoms with Gasteiger partial charge in [0.05, 0.1) is 67.9 Å². The van der Waals surface area contributed by atoms with Crippen LogP contribution in [0.15, 0.2) is 224 Å². The predicted molar refractivity (Wildman–Crippen MR) is 433 cm³/mol. The van der Waals surface area contributed by atoms with Crippen molar-refractivity contribution < 1.29 is 0 Å². The van der Waals surface area contributed by atoms with Gasteiger partial charge in [0.1, 0.15) is 0 Å². The van der Waals surface area contributed by atoms with Gasteiger partial charge in [-0.3, -0.25) is 0 Å². The molecule has 0 saturated heterocycles. The summed E-state index contributed by atoms with van der Waals surface area (Å²) < 4.78 is 0. The van der Waals surface area contributed by atoms with Crippen molar-refractivity contribution >= 4 is 148 Å². The van der Waals surface area contributed by atoms with Crippen LogP contribution in [0.2, 0.25) is 137 Å². The van der Waals surface area contributed by atoms with Gasteiger partial charge in [0.15, 0.2) is 0 Å². The van der Waals surface area contributed by atoms with Gasteiger partial charge in [-0.2, -0.15) is 0 Å². The van der Waals surface area contributed by atoms with E-state index in [9.17, 15) is 0 Å². The minimum Gasteiger partial charge on any atom is -0.309 e. The van der Waals surface area contributed by atoms with Crippen molar-refractivity contribution in [1.82, 2.24) is 0 Å². The number of nitrogens with zero attached hydrogens (tertiary/aromatic N) is 2. The van der Waals surface area contributed by atoms with E-state index in [4.69, 9.17) is 0 Å². The summed E-state index contributed by atoms with van der Waals surface area (Å²) in [6.07, 6.45) is 0. The van der Waals surface area contributed by atoms with Crippen LogP contribution in [0.25, 0.3) is 66.1 Å². The normalized spacial score (nSPS) is 12.8. The molecule has 92 heavy (non-hydrogen) atoms. The lowest BCUT2D eigenvalue weighted by molar-refractivity contribution is 1.30. The fourth-order valence-corrected chi connectivity index (χ4v) is 21.3. The third kappa shape index (κ3) is 14.1. The highest BCUT2D eigenvalue weighted by atomic mass is 28.3. The lowest BCUT2D eigenvalue weighted by atomic mass is 9.93. The molecule has 0 saturated carbocycles. The van der Waals surface area contributed by atoms with Gasteiger partial charge in [0, 0.05) is 44.3 Å². The van der Waals surface area contributed by atoms with Crippen LogP contribution < -0.4 is 46.1 Å². The molecule has 0 bridgehead atoms. The molecule has 11 aromatic rings. The molecule has 0 atom stereocenters. The minimum absolute atomic E-state index is 1.14. The third-order valence-corrected chi connectivity index (χ3v) is 33.1. The van der Waals surface area contributed by atoms with Gasteiger partial charge in [-0.05, 0) is 105 Å². The summed E-state index contributed by atoms with van der Waals surface area (Å²) in [6, 6.07) is 89.1. The molecule has 11 rings (SSSR count). The van der Waals surface area contributed by atoms with Gasteiger partial charge >= 0.3 is 0 Å². The molecule has 470 valence electrons. The number of anilines is 6. The molecule has 0 aliphatic carbocycles. The second-order valence-corrected chi connectivity index (χ2v) is 68.9. The Labute approximate surface area is 560 Å². The zero-order chi connectivity index (χ0) is 66.3. The van der Waals surface area contributed by atoms with Crippen LogP contribution in [0.5, 0.6) is 0 Å². The maximum atomic E-state index is 2.71. The molecule has 0 unspecified atom stereocenters. The number of hydrogen-bond acceptors (Lipinski definition) is 2. The maximum Gasteiger partial charge on any atom is 0.0776 e. The first kappa shape index (κ1) is 66.5. The molecule has 0 N–H and O–H groups in total. The van der Waals surface area contributed by atoms with E-state index in [-0.39, 0.29) is 0 Å². The van der Waals surface area contributed by atoms with E-state index < -0.39 is 56.5 Å². The van der Waals surface area contributed by atoms with Crippen molar-refractivity contribution in [2.75, 3.05) is 9.80 Å². The molecule has 11 aromatic carbocycles. The van der Waals surface area contributed by atoms with Crippen LogP contribution in [-0.4, -0.2) is 56.5 Å². The number of hydrogen-bond donors (Lipinski definition) is 0. The van der Waals surface area contributed by atoms with Gasteiger partial charge in [-0.1, -0.05) is 338 Å². The molecule has 0 aliphatic heterocycles. The first-order chi connectivity index (χ1) is 43.0. The monoisotopic (exact) mass is 1320 g/mol. The first-order valence-electron chi connectivity index (χ1n) is 33.5. The SMILES string of the molecule is C[Si](C)(C)c1ccc(-c2cc(-c3ccccc3)cc(N(c3cc([Si](C)(C)C)cc([Si](C)(C)C)c3)c3c4ccccc4c(N(c4cc(-c5ccc([Si](C)(C)C)cc5)cc(-c5ccc([Si](C)(C)C)cc5)c4)c4cc([Si](C)(C)C)cc([Si](C)(C)C)c4)c4ccccc34)c2)cc1. The molecule has 0 aliphatic rings. The predicted octanol–water partition coefficient (Wildman–Crippen LogP) is 21.4. The van der Waals surface area contributed by atoms with E-state index in [2.05, 4.69) is 372 Å². The van der Waals surface area contributed by atoms with Crippen LogP contribution in [0.3, 0.4) is 0 Å². The van der Waals surface area contributed by atoms with Gasteiger partial charge < -0.3 is 9.80 Å². The van der Waals surface area contributed by atoms with Gasteiger partial charge in [0.25, 0.3) is 0 Å². The smallest absolute Gasteiger partial charge is 0.0776 e. The molecule has 9 heteroatoms. The van der Waals surface area contributed by atoms with Crippen molar-refractivity contribution in [3.8, 4) is 44.5 Å². The van der Waals surface area contributed by atoms with E-state index in [0.29, 0.717) is 0 Å². The van der Waals surface area contributed by atoms with E-state index in [0.717, 1.165) is 11.4 Å². The Morgan fingerprint density at radius 3 is 0.609 bits per heavy atom. The Morgan fingerprint density at radius 2 is 0.380 bits per heavy atom. The highest BCUT2D eigenvalue weighted by molar-refractivity contribution is 6.93. The molecule has 0 heterocycles. The summed E-state index contributed by atoms with van der Waals surface area (Å²) in [4.78, 5) is 5.40. The molecule has 0 spiro atoms. The highest BCUT2D eigenvalue weighted by Crippen LogP contribution is 2.52. The largest absolute Gasteiger partial charge is 0.309 e. The van der Waals surface area contributed by atoms with E-state index in [1.54, 1.807) is 0 Å². The van der Waals surface area contributed by atoms with E-state index in [1.807, 2.05) is 0 Å². The van der Waals surface area contributed by atoms with E-state index in [1.165, 1.54) is 125 Å². The number of fused-ring (bicyclic) bond motifs is 2. The Morgan fingerprint density at radius 1 is 0.174 bits per heavy atom. The summed E-state index contributed by atoms with van der Waals surface area (Å²) >= 11 is 0. The Kier molecular flexibility index (Phi) is 17.9. The minimum atomic E-state index is -1.90. The Balaban J connectivity index is 1.30. The van der Waals surface area contributed by atoms with Gasteiger partial charge in [0.2, 0.25) is 0 Å². The van der Waals surface area contributed by atoms with Gasteiger partial charge in [-0.15, -0.1) is 0 Å². The van der Waals surface area contributed by atoms with Crippen LogP contribution in [0.4, 0.5) is 34.1 Å². The van der Waals surface area contributed by atoms with Crippen LogP contribution in [-0.2, 0) is 0 Å². The highest BCUT2D eigenvalue weighted by Gasteiger charge is 2.32. The molecular formula is C83H100N2Si7. The zero-order valence-corrected chi connectivity index (χ0v) is 66.3. The maximum absolute atomic E-state index is 2.71. The quantitative estimate of drug-likeness (QED) is 0.0509. The Bertz CT molecular complexity index is 4320. The van der Waals surface area contributed by atoms with Gasteiger partial charge in [-0.25, -0.2) is 0 Å². The molecular weight excluding hydrogens is 1220 g/mol. The number of benzene rings is 11. The fraction of sp³-hybridized carbons (Fsp3) is 0.253. The average molecular weight is 1320 g/mol. The van der Waals surface area contributed by atoms with Crippen molar-refractivity contribution in [3.05, 3.63) is 224 Å². The summed E-state index contributed by atoms with van der Waals surface area (Å²) in [5.41, 5.74) is 16.8. The number of rotatable bonds is 17. The third-order valence-electron chi connectivity index (χ3n) is 18.8. The van der Waals surface area contributed by atoms with Crippen molar-refractivity contribution in [3.63, 3.8) is 0 Å². The van der Waals surface area contributed by atoms with Crippen LogP contribution >= 0.6 is 0 Å². The lowest BCUT2D eigenvalue weighted by Crippen LogP contribution is -2.45. The second kappa shape index (κ2) is 24.8. The Hall–Kier alpha value is -6.94. The van der Waals surface area contributed by atoms with Crippen LogP contribution in [0.1, 0.15) is 0 Å². The topological polar surface area (TPSA) is 6.48 Å². The average Bonchev–Trinajstić information content (AvgIpc) is 0.725. The first-order valence-corrected chi connectivity index (χ1v) is 58.0. The second-order valence-electron chi connectivity index (χ2n) is 33.4. The summed E-state index contributed by atoms with van der Waals surface area (Å²) in [5.74, 6) is 0. The lowest BCUT2D eigenvalue weighted by Gasteiger charge is -2.35. The van der Waals surface area contributed by atoms with E-state index >= 15 is 0 Å². The van der Waals surface area contributed by atoms with Crippen molar-refractivity contribution in [1.29, 1.82) is 0 Å². The zero-order valence-electron chi connectivity index (χ0n) is 59.3. The summed E-state index contributed by atoms with van der Waals surface area (Å²) in [5, 5.41) is 15.2. The standard InChI is InChI=1S/C83H100N2Si7/c1-86(2,3)71-41-35-60(36-42-71)64-47-63(59-29-23-22-24-30-59)49-67(50-64)84(69-53-74(89(10,11)12)57-75(54-69)90(13,14)15)82-78-31-25-27-33-80(78)83(81-34-28-26-32-79(81)82)85(70-55-76(91(16,17)18)58-77(56-70)92(19,20)21)68-51-65(61-37-43-72(44-38-61)87(4,5)6)48-66(52-68)62-39-45-73(46-40-62)88(7,8)9/h22-58H,1-21H3. The molecule has 0 aromatic heterocycles. The summed E-state index contributed by atoms with van der Waals surface area (Å²) in [7, 11) is -12.3. The molecule has 0 amide bonds. The molecule has 2 nitrogen and oxygen atoms in total. The van der Waals surface area contributed by atoms with Crippen LogP contribution in [0, 0.1) is 0 Å². The van der Waals surface area contributed by atoms with Crippen molar-refractivity contribution in [2.24, 2.45) is 0 Å². The summed E-state index contributed by atoms with van der Waals surface area (Å²) in [6.45, 7) is 52.3. The molecule has 0 fully saturated rings. The molecule has 0 radical (unpaired) electrons. The fourth-order valence-electron chi connectivity index (χ4n) is 12.9. The van der Waals surface area contributed by atoms with Crippen molar-refractivity contribution in [2.45, 2.75) is 137 Å².